The van der Waals surface area contributed by atoms with Crippen molar-refractivity contribution in [3.8, 4) is 0 Å². The zero-order valence-electron chi connectivity index (χ0n) is 10.3. The summed E-state index contributed by atoms with van der Waals surface area (Å²) in [7, 11) is 4.07. The lowest BCUT2D eigenvalue weighted by molar-refractivity contribution is 0.274. The average Bonchev–Trinajstić information content (AvgIpc) is 2.20. The van der Waals surface area contributed by atoms with E-state index in [2.05, 4.69) is 4.90 Å². The Labute approximate surface area is 97.3 Å². The van der Waals surface area contributed by atoms with Crippen LogP contribution in [0.1, 0.15) is 31.4 Å². The van der Waals surface area contributed by atoms with Crippen molar-refractivity contribution in [3.05, 3.63) is 35.6 Å². The summed E-state index contributed by atoms with van der Waals surface area (Å²) in [5.74, 6) is -0.187. The first-order valence-corrected chi connectivity index (χ1v) is 5.68. The molecule has 2 nitrogen and oxygen atoms in total. The maximum Gasteiger partial charge on any atom is 0.123 e. The van der Waals surface area contributed by atoms with Crippen LogP contribution in [0.25, 0.3) is 0 Å². The molecule has 2 atom stereocenters. The van der Waals surface area contributed by atoms with Crippen molar-refractivity contribution in [2.75, 3.05) is 14.1 Å². The topological polar surface area (TPSA) is 29.3 Å². The van der Waals surface area contributed by atoms with Gasteiger partial charge in [0.05, 0.1) is 0 Å². The summed E-state index contributed by atoms with van der Waals surface area (Å²) in [5.41, 5.74) is 6.91. The van der Waals surface area contributed by atoms with Gasteiger partial charge >= 0.3 is 0 Å². The van der Waals surface area contributed by atoms with Crippen molar-refractivity contribution in [3.63, 3.8) is 0 Å². The molecule has 0 saturated heterocycles. The molecule has 0 fully saturated rings. The average molecular weight is 224 g/mol. The fourth-order valence-electron chi connectivity index (χ4n) is 1.83. The Hall–Kier alpha value is -0.930. The van der Waals surface area contributed by atoms with Crippen LogP contribution in [0, 0.1) is 5.82 Å². The van der Waals surface area contributed by atoms with Gasteiger partial charge in [-0.25, -0.2) is 4.39 Å². The van der Waals surface area contributed by atoms with Gasteiger partial charge in [0.1, 0.15) is 5.82 Å². The van der Waals surface area contributed by atoms with E-state index in [0.717, 1.165) is 18.4 Å². The molecular weight excluding hydrogens is 203 g/mol. The first kappa shape index (κ1) is 13.1. The van der Waals surface area contributed by atoms with E-state index < -0.39 is 0 Å². The van der Waals surface area contributed by atoms with E-state index in [1.165, 1.54) is 12.1 Å². The molecule has 90 valence electrons. The summed E-state index contributed by atoms with van der Waals surface area (Å²) >= 11 is 0. The third kappa shape index (κ3) is 3.91. The highest BCUT2D eigenvalue weighted by atomic mass is 19.1. The Morgan fingerprint density at radius 2 is 1.75 bits per heavy atom. The van der Waals surface area contributed by atoms with Crippen molar-refractivity contribution in [1.82, 2.24) is 4.90 Å². The summed E-state index contributed by atoms with van der Waals surface area (Å²) in [6.45, 7) is 2.01. The van der Waals surface area contributed by atoms with E-state index in [9.17, 15) is 4.39 Å². The molecule has 16 heavy (non-hydrogen) atoms. The maximum absolute atomic E-state index is 12.8. The SMILES string of the molecule is CC(N)CCC(c1ccc(F)cc1)N(C)C. The van der Waals surface area contributed by atoms with E-state index in [0.29, 0.717) is 6.04 Å². The second-order valence-corrected chi connectivity index (χ2v) is 4.59. The van der Waals surface area contributed by atoms with E-state index in [-0.39, 0.29) is 11.9 Å². The van der Waals surface area contributed by atoms with Crippen LogP contribution >= 0.6 is 0 Å². The lowest BCUT2D eigenvalue weighted by Crippen LogP contribution is -2.23. The molecule has 2 unspecified atom stereocenters. The largest absolute Gasteiger partial charge is 0.328 e. The molecule has 3 heteroatoms. The zero-order chi connectivity index (χ0) is 12.1. The third-order valence-electron chi connectivity index (χ3n) is 2.77. The number of rotatable bonds is 5. The molecule has 1 rings (SSSR count). The van der Waals surface area contributed by atoms with Gasteiger partial charge in [-0.15, -0.1) is 0 Å². The molecule has 0 aliphatic heterocycles. The number of nitrogens with two attached hydrogens (primary N) is 1. The standard InChI is InChI=1S/C13H21FN2/c1-10(15)4-9-13(16(2)3)11-5-7-12(14)8-6-11/h5-8,10,13H,4,9,15H2,1-3H3. The molecule has 1 aromatic carbocycles. The van der Waals surface area contributed by atoms with Gasteiger partial charge in [0.15, 0.2) is 0 Å². The van der Waals surface area contributed by atoms with Crippen molar-refractivity contribution in [2.24, 2.45) is 5.73 Å². The summed E-state index contributed by atoms with van der Waals surface area (Å²) in [5, 5.41) is 0. The lowest BCUT2D eigenvalue weighted by Gasteiger charge is -2.25. The van der Waals surface area contributed by atoms with Gasteiger partial charge in [-0.2, -0.15) is 0 Å². The maximum atomic E-state index is 12.8. The second kappa shape index (κ2) is 5.97. The van der Waals surface area contributed by atoms with Crippen LogP contribution in [0.15, 0.2) is 24.3 Å². The molecule has 0 saturated carbocycles. The first-order chi connectivity index (χ1) is 7.50. The van der Waals surface area contributed by atoms with Crippen molar-refractivity contribution in [1.29, 1.82) is 0 Å². The number of benzene rings is 1. The van der Waals surface area contributed by atoms with Gasteiger partial charge in [0.25, 0.3) is 0 Å². The van der Waals surface area contributed by atoms with Crippen LogP contribution in [0.2, 0.25) is 0 Å². The minimum Gasteiger partial charge on any atom is -0.328 e. The minimum atomic E-state index is -0.187. The fraction of sp³-hybridized carbons (Fsp3) is 0.538. The van der Waals surface area contributed by atoms with Crippen LogP contribution in [0.5, 0.6) is 0 Å². The van der Waals surface area contributed by atoms with Gasteiger partial charge in [-0.3, -0.25) is 0 Å². The summed E-state index contributed by atoms with van der Waals surface area (Å²) in [6, 6.07) is 7.24. The predicted molar refractivity (Wildman–Crippen MR) is 65.7 cm³/mol. The third-order valence-corrected chi connectivity index (χ3v) is 2.77. The Morgan fingerprint density at radius 3 is 2.19 bits per heavy atom. The number of halogens is 1. The van der Waals surface area contributed by atoms with E-state index >= 15 is 0 Å². The van der Waals surface area contributed by atoms with Crippen LogP contribution < -0.4 is 5.73 Å². The molecule has 0 aromatic heterocycles. The van der Waals surface area contributed by atoms with Crippen LogP contribution in [0.4, 0.5) is 4.39 Å². The lowest BCUT2D eigenvalue weighted by atomic mass is 9.99. The Bertz CT molecular complexity index is 306. The van der Waals surface area contributed by atoms with Gasteiger partial charge in [-0.05, 0) is 51.6 Å². The second-order valence-electron chi connectivity index (χ2n) is 4.59. The van der Waals surface area contributed by atoms with E-state index in [1.54, 1.807) is 0 Å². The molecule has 0 radical (unpaired) electrons. The zero-order valence-corrected chi connectivity index (χ0v) is 10.3. The molecule has 1 aromatic rings. The molecule has 0 spiro atoms. The molecule has 0 aliphatic carbocycles. The smallest absolute Gasteiger partial charge is 0.123 e. The van der Waals surface area contributed by atoms with Crippen LogP contribution in [-0.4, -0.2) is 25.0 Å². The van der Waals surface area contributed by atoms with Crippen molar-refractivity contribution >= 4 is 0 Å². The van der Waals surface area contributed by atoms with Gasteiger partial charge in [0, 0.05) is 12.1 Å². The summed E-state index contributed by atoms with van der Waals surface area (Å²) in [6.07, 6.45) is 1.97. The predicted octanol–water partition coefficient (Wildman–Crippen LogP) is 2.56. The first-order valence-electron chi connectivity index (χ1n) is 5.68. The summed E-state index contributed by atoms with van der Waals surface area (Å²) < 4.78 is 12.8. The Morgan fingerprint density at radius 1 is 1.19 bits per heavy atom. The molecule has 0 heterocycles. The van der Waals surface area contributed by atoms with Crippen LogP contribution in [-0.2, 0) is 0 Å². The Balaban J connectivity index is 2.73. The number of hydrogen-bond donors (Lipinski definition) is 1. The van der Waals surface area contributed by atoms with Crippen molar-refractivity contribution in [2.45, 2.75) is 31.8 Å². The van der Waals surface area contributed by atoms with Crippen LogP contribution in [0.3, 0.4) is 0 Å². The van der Waals surface area contributed by atoms with Gasteiger partial charge in [-0.1, -0.05) is 12.1 Å². The number of hydrogen-bond acceptors (Lipinski definition) is 2. The highest BCUT2D eigenvalue weighted by Gasteiger charge is 2.14. The number of nitrogens with zero attached hydrogens (tertiary/aromatic N) is 1. The quantitative estimate of drug-likeness (QED) is 0.833. The highest BCUT2D eigenvalue weighted by Crippen LogP contribution is 2.24. The van der Waals surface area contributed by atoms with Crippen molar-refractivity contribution < 1.29 is 4.39 Å². The van der Waals surface area contributed by atoms with E-state index in [1.807, 2.05) is 33.2 Å². The summed E-state index contributed by atoms with van der Waals surface area (Å²) in [4.78, 5) is 2.15. The van der Waals surface area contributed by atoms with E-state index in [4.69, 9.17) is 5.73 Å². The monoisotopic (exact) mass is 224 g/mol. The molecule has 2 N–H and O–H groups in total. The van der Waals surface area contributed by atoms with Gasteiger partial charge < -0.3 is 10.6 Å². The normalized spacial score (nSPS) is 15.1. The molecule has 0 aliphatic rings. The molecular formula is C13H21FN2. The highest BCUT2D eigenvalue weighted by molar-refractivity contribution is 5.19. The molecule has 0 amide bonds. The fourth-order valence-corrected chi connectivity index (χ4v) is 1.83. The van der Waals surface area contributed by atoms with Gasteiger partial charge in [0.2, 0.25) is 0 Å². The molecule has 0 bridgehead atoms. The minimum absolute atomic E-state index is 0.187. The Kier molecular flexibility index (Phi) is 4.90.